The summed E-state index contributed by atoms with van der Waals surface area (Å²) in [4.78, 5) is 0. The fourth-order valence-electron chi connectivity index (χ4n) is 2.35. The maximum atomic E-state index is 14.6. The van der Waals surface area contributed by atoms with E-state index in [1.54, 1.807) is 13.1 Å². The molecule has 0 saturated carbocycles. The van der Waals surface area contributed by atoms with E-state index in [0.29, 0.717) is 6.42 Å². The summed E-state index contributed by atoms with van der Waals surface area (Å²) in [5, 5.41) is 0.198. The van der Waals surface area contributed by atoms with Gasteiger partial charge < -0.3 is 0 Å². The molecule has 1 aromatic rings. The number of benzene rings is 1. The molecule has 0 bridgehead atoms. The molecule has 0 unspecified atom stereocenters. The third kappa shape index (κ3) is 4.40. The molecular formula is C16H20F6Si. The van der Waals surface area contributed by atoms with E-state index >= 15 is 0 Å². The third-order valence-corrected chi connectivity index (χ3v) is 5.64. The van der Waals surface area contributed by atoms with E-state index in [-0.39, 0.29) is 11.6 Å². The van der Waals surface area contributed by atoms with Crippen molar-refractivity contribution in [2.75, 3.05) is 0 Å². The Labute approximate surface area is 133 Å². The summed E-state index contributed by atoms with van der Waals surface area (Å²) in [6.07, 6.45) is 3.63. The van der Waals surface area contributed by atoms with Crippen LogP contribution in [0.5, 0.6) is 0 Å². The van der Waals surface area contributed by atoms with Crippen molar-refractivity contribution >= 4 is 14.6 Å². The monoisotopic (exact) mass is 354 g/mol. The predicted molar refractivity (Wildman–Crippen MR) is 81.9 cm³/mol. The summed E-state index contributed by atoms with van der Waals surface area (Å²) >= 11 is 0. The molecule has 7 heteroatoms. The third-order valence-electron chi connectivity index (χ3n) is 3.71. The van der Waals surface area contributed by atoms with E-state index in [1.165, 1.54) is 0 Å². The topological polar surface area (TPSA) is 0 Å². The Morgan fingerprint density at radius 3 is 1.70 bits per heavy atom. The van der Waals surface area contributed by atoms with Gasteiger partial charge in [0.2, 0.25) is 5.82 Å². The number of halogens is 6. The van der Waals surface area contributed by atoms with Crippen LogP contribution in [0.2, 0.25) is 13.1 Å². The van der Waals surface area contributed by atoms with Crippen LogP contribution in [0.4, 0.5) is 26.3 Å². The van der Waals surface area contributed by atoms with Gasteiger partial charge in [0.15, 0.2) is 23.3 Å². The first-order valence-corrected chi connectivity index (χ1v) is 10.5. The summed E-state index contributed by atoms with van der Waals surface area (Å²) in [5.74, 6) is -12.0. The van der Waals surface area contributed by atoms with Crippen molar-refractivity contribution in [3.05, 3.63) is 39.8 Å². The fraction of sp³-hybridized carbons (Fsp3) is 0.500. The second-order valence-corrected chi connectivity index (χ2v) is 8.76. The van der Waals surface area contributed by atoms with Gasteiger partial charge in [-0.1, -0.05) is 39.3 Å². The molecule has 1 aromatic carbocycles. The number of hydrogen-bond donors (Lipinski definition) is 0. The summed E-state index contributed by atoms with van der Waals surface area (Å²) in [5.41, 5.74) is -1.44. The van der Waals surface area contributed by atoms with E-state index in [9.17, 15) is 26.3 Å². The van der Waals surface area contributed by atoms with Crippen molar-refractivity contribution < 1.29 is 26.3 Å². The van der Waals surface area contributed by atoms with Crippen LogP contribution in [0, 0.1) is 29.1 Å². The highest BCUT2D eigenvalue weighted by Crippen LogP contribution is 2.33. The molecule has 0 heterocycles. The summed E-state index contributed by atoms with van der Waals surface area (Å²) < 4.78 is 81.6. The standard InChI is InChI=1S/C16H20F6Si/c1-4-5-6-7-8-9(23(2)3)11(17)10-12(18)14(20)16(22)15(21)13(10)19/h23H,4-8H2,1-3H3/b11-9+. The van der Waals surface area contributed by atoms with Crippen LogP contribution in [-0.4, -0.2) is 8.80 Å². The van der Waals surface area contributed by atoms with Gasteiger partial charge in [0.25, 0.3) is 0 Å². The Bertz CT molecular complexity index is 566. The van der Waals surface area contributed by atoms with E-state index in [2.05, 4.69) is 0 Å². The quantitative estimate of drug-likeness (QED) is 0.184. The molecule has 0 amide bonds. The lowest BCUT2D eigenvalue weighted by atomic mass is 10.1. The van der Waals surface area contributed by atoms with Crippen LogP contribution >= 0.6 is 0 Å². The molecule has 0 aliphatic rings. The minimum atomic E-state index is -2.28. The first-order chi connectivity index (χ1) is 10.7. The predicted octanol–water partition coefficient (Wildman–Crippen LogP) is 6.06. The largest absolute Gasteiger partial charge is 0.207 e. The number of hydrogen-bond acceptors (Lipinski definition) is 0. The molecule has 0 nitrogen and oxygen atoms in total. The van der Waals surface area contributed by atoms with Crippen LogP contribution in [0.15, 0.2) is 5.20 Å². The average molecular weight is 354 g/mol. The van der Waals surface area contributed by atoms with E-state index in [1.807, 2.05) is 6.92 Å². The van der Waals surface area contributed by atoms with Crippen LogP contribution in [0.3, 0.4) is 0 Å². The van der Waals surface area contributed by atoms with Gasteiger partial charge in [-0.15, -0.1) is 0 Å². The summed E-state index contributed by atoms with van der Waals surface area (Å²) in [7, 11) is -1.82. The van der Waals surface area contributed by atoms with Gasteiger partial charge in [0.1, 0.15) is 5.83 Å². The van der Waals surface area contributed by atoms with Crippen molar-refractivity contribution in [1.29, 1.82) is 0 Å². The van der Waals surface area contributed by atoms with Crippen molar-refractivity contribution in [3.8, 4) is 0 Å². The van der Waals surface area contributed by atoms with Gasteiger partial charge in [-0.05, 0) is 18.0 Å². The number of allylic oxidation sites excluding steroid dienone is 1. The van der Waals surface area contributed by atoms with Crippen LogP contribution < -0.4 is 0 Å². The van der Waals surface area contributed by atoms with E-state index < -0.39 is 49.3 Å². The van der Waals surface area contributed by atoms with Gasteiger partial charge in [-0.2, -0.15) is 0 Å². The number of rotatable bonds is 7. The van der Waals surface area contributed by atoms with Crippen LogP contribution in [0.1, 0.15) is 44.6 Å². The molecule has 1 rings (SSSR count). The molecular weight excluding hydrogens is 334 g/mol. The van der Waals surface area contributed by atoms with Crippen LogP contribution in [0.25, 0.3) is 5.83 Å². The molecule has 0 spiro atoms. The second-order valence-electron chi connectivity index (χ2n) is 5.75. The Morgan fingerprint density at radius 2 is 1.26 bits per heavy atom. The molecule has 0 saturated heterocycles. The smallest absolute Gasteiger partial charge is 0.200 e. The Kier molecular flexibility index (Phi) is 7.37. The maximum absolute atomic E-state index is 14.6. The minimum absolute atomic E-state index is 0.198. The zero-order chi connectivity index (χ0) is 17.7. The lowest BCUT2D eigenvalue weighted by molar-refractivity contribution is 0.374. The lowest BCUT2D eigenvalue weighted by Gasteiger charge is -2.14. The van der Waals surface area contributed by atoms with Gasteiger partial charge in [0.05, 0.1) is 14.4 Å². The summed E-state index contributed by atoms with van der Waals surface area (Å²) in [6.45, 7) is 5.50. The first-order valence-electron chi connectivity index (χ1n) is 7.64. The van der Waals surface area contributed by atoms with Crippen molar-refractivity contribution in [1.82, 2.24) is 0 Å². The van der Waals surface area contributed by atoms with Gasteiger partial charge >= 0.3 is 0 Å². The van der Waals surface area contributed by atoms with Crippen molar-refractivity contribution in [2.24, 2.45) is 0 Å². The Balaban J connectivity index is 3.34. The number of unbranched alkanes of at least 4 members (excludes halogenated alkanes) is 3. The normalized spacial score (nSPS) is 12.8. The Hall–Kier alpha value is -1.24. The van der Waals surface area contributed by atoms with Crippen molar-refractivity contribution in [3.63, 3.8) is 0 Å². The van der Waals surface area contributed by atoms with Crippen molar-refractivity contribution in [2.45, 2.75) is 52.1 Å². The van der Waals surface area contributed by atoms with Gasteiger partial charge in [-0.3, -0.25) is 0 Å². The van der Waals surface area contributed by atoms with Gasteiger partial charge in [0, 0.05) is 0 Å². The molecule has 0 aliphatic carbocycles. The maximum Gasteiger partial charge on any atom is 0.200 e. The Morgan fingerprint density at radius 1 is 0.783 bits per heavy atom. The fourth-order valence-corrected chi connectivity index (χ4v) is 3.78. The zero-order valence-electron chi connectivity index (χ0n) is 13.4. The molecule has 23 heavy (non-hydrogen) atoms. The zero-order valence-corrected chi connectivity index (χ0v) is 14.5. The van der Waals surface area contributed by atoms with Gasteiger partial charge in [-0.25, -0.2) is 26.3 Å². The molecule has 0 fully saturated rings. The second kappa shape index (κ2) is 8.56. The van der Waals surface area contributed by atoms with E-state index in [0.717, 1.165) is 19.3 Å². The van der Waals surface area contributed by atoms with Crippen LogP contribution in [-0.2, 0) is 0 Å². The first kappa shape index (κ1) is 19.8. The molecule has 0 N–H and O–H groups in total. The molecule has 130 valence electrons. The summed E-state index contributed by atoms with van der Waals surface area (Å²) in [6, 6.07) is 0. The highest BCUT2D eigenvalue weighted by atomic mass is 28.3. The minimum Gasteiger partial charge on any atom is -0.207 e. The molecule has 0 aromatic heterocycles. The molecule has 0 aliphatic heterocycles. The highest BCUT2D eigenvalue weighted by Gasteiger charge is 2.29. The average Bonchev–Trinajstić information content (AvgIpc) is 2.50. The van der Waals surface area contributed by atoms with E-state index in [4.69, 9.17) is 0 Å². The molecule has 0 radical (unpaired) electrons. The highest BCUT2D eigenvalue weighted by molar-refractivity contribution is 6.65. The molecule has 0 atom stereocenters. The SMILES string of the molecule is CCCCCC/C(=C(\F)c1c(F)c(F)c(F)c(F)c1F)[SiH](C)C. The lowest BCUT2D eigenvalue weighted by Crippen LogP contribution is -2.12.